The van der Waals surface area contributed by atoms with E-state index in [0.717, 1.165) is 11.8 Å². The number of aryl methyl sites for hydroxylation is 1. The molecule has 7 nitrogen and oxygen atoms in total. The SMILES string of the molecule is Cc1ccc(S(=O)(=O)[N-]/N=C/c2cccc([N+](=O)[O-])c2)cc1. The lowest BCUT2D eigenvalue weighted by atomic mass is 10.2. The summed E-state index contributed by atoms with van der Waals surface area (Å²) < 4.78 is 23.8. The molecule has 0 heterocycles. The normalized spacial score (nSPS) is 11.5. The molecule has 2 aromatic carbocycles. The summed E-state index contributed by atoms with van der Waals surface area (Å²) in [5.74, 6) is 0. The molecule has 0 radical (unpaired) electrons. The largest absolute Gasteiger partial charge is 0.491 e. The van der Waals surface area contributed by atoms with Crippen LogP contribution in [-0.2, 0) is 10.0 Å². The Kier molecular flexibility index (Phi) is 4.52. The van der Waals surface area contributed by atoms with Crippen LogP contribution >= 0.6 is 0 Å². The fourth-order valence-electron chi connectivity index (χ4n) is 1.63. The quantitative estimate of drug-likeness (QED) is 0.480. The van der Waals surface area contributed by atoms with Gasteiger partial charge < -0.3 is 9.93 Å². The lowest BCUT2D eigenvalue weighted by molar-refractivity contribution is -0.384. The fourth-order valence-corrected chi connectivity index (χ4v) is 2.37. The van der Waals surface area contributed by atoms with Gasteiger partial charge in [0, 0.05) is 18.3 Å². The predicted molar refractivity (Wildman–Crippen MR) is 82.4 cm³/mol. The molecular formula is C14H12N3O4S-. The Balaban J connectivity index is 2.13. The van der Waals surface area contributed by atoms with E-state index in [1.54, 1.807) is 18.2 Å². The van der Waals surface area contributed by atoms with Crippen molar-refractivity contribution in [2.45, 2.75) is 11.8 Å². The number of nitro benzene ring substituents is 1. The predicted octanol–water partition coefficient (Wildman–Crippen LogP) is 3.00. The monoisotopic (exact) mass is 318 g/mol. The molecular weight excluding hydrogens is 306 g/mol. The molecule has 0 saturated heterocycles. The minimum Gasteiger partial charge on any atom is -0.491 e. The number of rotatable bonds is 5. The Morgan fingerprint density at radius 1 is 1.18 bits per heavy atom. The van der Waals surface area contributed by atoms with Crippen LogP contribution in [0.1, 0.15) is 11.1 Å². The molecule has 22 heavy (non-hydrogen) atoms. The summed E-state index contributed by atoms with van der Waals surface area (Å²) >= 11 is 0. The third kappa shape index (κ3) is 3.89. The van der Waals surface area contributed by atoms with Gasteiger partial charge in [-0.25, -0.2) is 8.42 Å². The first-order chi connectivity index (χ1) is 10.4. The zero-order valence-electron chi connectivity index (χ0n) is 11.6. The minimum absolute atomic E-state index is 0.0364. The first-order valence-corrected chi connectivity index (χ1v) is 7.64. The third-order valence-corrected chi connectivity index (χ3v) is 3.94. The summed E-state index contributed by atoms with van der Waals surface area (Å²) in [6, 6.07) is 11.8. The van der Waals surface area contributed by atoms with Crippen molar-refractivity contribution >= 4 is 21.9 Å². The third-order valence-electron chi connectivity index (χ3n) is 2.76. The van der Waals surface area contributed by atoms with Crippen LogP contribution in [0.4, 0.5) is 5.69 Å². The first kappa shape index (κ1) is 15.6. The number of hydrogen-bond donors (Lipinski definition) is 0. The Hall–Kier alpha value is -2.74. The van der Waals surface area contributed by atoms with E-state index in [2.05, 4.69) is 9.93 Å². The highest BCUT2D eigenvalue weighted by Crippen LogP contribution is 2.18. The molecule has 0 aromatic heterocycles. The highest BCUT2D eigenvalue weighted by atomic mass is 32.2. The van der Waals surface area contributed by atoms with Crippen LogP contribution in [0.5, 0.6) is 0 Å². The Morgan fingerprint density at radius 2 is 1.86 bits per heavy atom. The molecule has 0 unspecified atom stereocenters. The van der Waals surface area contributed by atoms with Crippen molar-refractivity contribution in [1.29, 1.82) is 0 Å². The standard InChI is InChI=1S/C14H12N3O4S/c1-11-5-7-14(8-6-11)22(20,21)16-15-10-12-3-2-4-13(9-12)17(18)19/h2-10H,1H3/q-1/b15-10+. The lowest BCUT2D eigenvalue weighted by Crippen LogP contribution is -1.97. The average Bonchev–Trinajstić information content (AvgIpc) is 2.48. The van der Waals surface area contributed by atoms with Gasteiger partial charge in [-0.2, -0.15) is 0 Å². The van der Waals surface area contributed by atoms with Crippen molar-refractivity contribution < 1.29 is 13.3 Å². The second-order valence-corrected chi connectivity index (χ2v) is 6.05. The molecule has 0 saturated carbocycles. The van der Waals surface area contributed by atoms with Crippen LogP contribution in [-0.4, -0.2) is 19.6 Å². The van der Waals surface area contributed by atoms with Gasteiger partial charge in [0.15, 0.2) is 0 Å². The number of benzene rings is 2. The van der Waals surface area contributed by atoms with Gasteiger partial charge in [-0.15, -0.1) is 0 Å². The van der Waals surface area contributed by atoms with Crippen LogP contribution < -0.4 is 0 Å². The van der Waals surface area contributed by atoms with Gasteiger partial charge >= 0.3 is 0 Å². The maximum atomic E-state index is 11.9. The topological polar surface area (TPSA) is 104 Å². The Bertz CT molecular complexity index is 814. The van der Waals surface area contributed by atoms with E-state index in [4.69, 9.17) is 0 Å². The van der Waals surface area contributed by atoms with Crippen LogP contribution in [0.2, 0.25) is 0 Å². The van der Waals surface area contributed by atoms with E-state index < -0.39 is 14.9 Å². The first-order valence-electron chi connectivity index (χ1n) is 6.20. The number of sulfonamides is 1. The van der Waals surface area contributed by atoms with Crippen LogP contribution in [0.3, 0.4) is 0 Å². The van der Waals surface area contributed by atoms with Gasteiger partial charge in [0.1, 0.15) is 10.0 Å². The van der Waals surface area contributed by atoms with E-state index in [-0.39, 0.29) is 10.6 Å². The summed E-state index contributed by atoms with van der Waals surface area (Å²) in [5, 5.41) is 14.1. The number of nitrogens with zero attached hydrogens (tertiary/aromatic N) is 3. The number of nitro groups is 1. The zero-order chi connectivity index (χ0) is 16.2. The molecule has 0 aliphatic rings. The Morgan fingerprint density at radius 3 is 2.50 bits per heavy atom. The zero-order valence-corrected chi connectivity index (χ0v) is 12.4. The lowest BCUT2D eigenvalue weighted by Gasteiger charge is -2.15. The van der Waals surface area contributed by atoms with E-state index >= 15 is 0 Å². The van der Waals surface area contributed by atoms with Gasteiger partial charge in [-0.05, 0) is 24.6 Å². The maximum absolute atomic E-state index is 11.9. The van der Waals surface area contributed by atoms with E-state index in [1.165, 1.54) is 30.3 Å². The second kappa shape index (κ2) is 6.35. The van der Waals surface area contributed by atoms with Crippen molar-refractivity contribution in [3.8, 4) is 0 Å². The van der Waals surface area contributed by atoms with Crippen molar-refractivity contribution in [3.63, 3.8) is 0 Å². The molecule has 2 aromatic rings. The molecule has 114 valence electrons. The molecule has 0 N–H and O–H groups in total. The maximum Gasteiger partial charge on any atom is 0.270 e. The van der Waals surface area contributed by atoms with Gasteiger partial charge in [-0.3, -0.25) is 10.1 Å². The highest BCUT2D eigenvalue weighted by molar-refractivity contribution is 7.93. The fraction of sp³-hybridized carbons (Fsp3) is 0.0714. The van der Waals surface area contributed by atoms with Gasteiger partial charge in [0.2, 0.25) is 0 Å². The molecule has 0 bridgehead atoms. The summed E-state index contributed by atoms with van der Waals surface area (Å²) in [6.45, 7) is 1.84. The second-order valence-electron chi connectivity index (χ2n) is 4.47. The van der Waals surface area contributed by atoms with Crippen LogP contribution in [0.25, 0.3) is 4.83 Å². The molecule has 0 aliphatic carbocycles. The molecule has 0 amide bonds. The van der Waals surface area contributed by atoms with Crippen molar-refractivity contribution in [2.24, 2.45) is 5.10 Å². The van der Waals surface area contributed by atoms with Gasteiger partial charge in [0.25, 0.3) is 5.69 Å². The molecule has 8 heteroatoms. The van der Waals surface area contributed by atoms with Gasteiger partial charge in [-0.1, -0.05) is 29.8 Å². The van der Waals surface area contributed by atoms with E-state index in [9.17, 15) is 18.5 Å². The molecule has 0 aliphatic heterocycles. The molecule has 0 atom stereocenters. The van der Waals surface area contributed by atoms with Crippen molar-refractivity contribution in [2.75, 3.05) is 0 Å². The van der Waals surface area contributed by atoms with Gasteiger partial charge in [0.05, 0.1) is 9.82 Å². The smallest absolute Gasteiger partial charge is 0.270 e. The summed E-state index contributed by atoms with van der Waals surface area (Å²) in [7, 11) is -3.88. The Labute approximate surface area is 127 Å². The van der Waals surface area contributed by atoms with Crippen LogP contribution in [0.15, 0.2) is 58.5 Å². The van der Waals surface area contributed by atoms with Crippen molar-refractivity contribution in [1.82, 2.24) is 0 Å². The summed E-state index contributed by atoms with van der Waals surface area (Å²) in [6.07, 6.45) is 1.15. The van der Waals surface area contributed by atoms with Crippen molar-refractivity contribution in [3.05, 3.63) is 74.6 Å². The molecule has 0 spiro atoms. The van der Waals surface area contributed by atoms with Crippen LogP contribution in [0, 0.1) is 17.0 Å². The molecule has 0 fully saturated rings. The summed E-state index contributed by atoms with van der Waals surface area (Å²) in [5.41, 5.74) is 1.21. The number of hydrogen-bond acceptors (Lipinski definition) is 5. The molecule has 2 rings (SSSR count). The minimum atomic E-state index is -3.88. The average molecular weight is 318 g/mol. The van der Waals surface area contributed by atoms with E-state index in [0.29, 0.717) is 5.56 Å². The number of non-ortho nitro benzene ring substituents is 1. The van der Waals surface area contributed by atoms with E-state index in [1.807, 2.05) is 6.92 Å². The highest BCUT2D eigenvalue weighted by Gasteiger charge is 2.04. The summed E-state index contributed by atoms with van der Waals surface area (Å²) in [4.78, 5) is 13.4.